The molecule has 3 fully saturated rings. The van der Waals surface area contributed by atoms with Crippen molar-refractivity contribution in [3.63, 3.8) is 0 Å². The third-order valence-corrected chi connectivity index (χ3v) is 5.16. The van der Waals surface area contributed by atoms with E-state index in [-0.39, 0.29) is 30.3 Å². The second-order valence-electron chi connectivity index (χ2n) is 6.86. The lowest BCUT2D eigenvalue weighted by Crippen LogP contribution is -2.55. The number of likely N-dealkylation sites (tertiary alicyclic amines) is 1. The Labute approximate surface area is 160 Å². The van der Waals surface area contributed by atoms with E-state index in [4.69, 9.17) is 4.74 Å². The van der Waals surface area contributed by atoms with Gasteiger partial charge in [-0.1, -0.05) is 0 Å². The van der Waals surface area contributed by atoms with Crippen LogP contribution in [0.15, 0.2) is 0 Å². The van der Waals surface area contributed by atoms with Gasteiger partial charge < -0.3 is 14.5 Å². The molecule has 0 aromatic rings. The van der Waals surface area contributed by atoms with E-state index in [0.29, 0.717) is 52.1 Å². The highest BCUT2D eigenvalue weighted by Crippen LogP contribution is 2.13. The molecule has 3 aliphatic rings. The number of hydrogen-bond donors (Lipinski definition) is 0. The van der Waals surface area contributed by atoms with Gasteiger partial charge in [0.1, 0.15) is 0 Å². The van der Waals surface area contributed by atoms with Gasteiger partial charge in [-0.05, 0) is 19.4 Å². The van der Waals surface area contributed by atoms with Crippen LogP contribution in [0.3, 0.4) is 0 Å². The maximum Gasteiger partial charge on any atom is 0.320 e. The van der Waals surface area contributed by atoms with Crippen molar-refractivity contribution in [3.8, 4) is 0 Å². The number of amides is 4. The summed E-state index contributed by atoms with van der Waals surface area (Å²) in [5, 5.41) is 0. The van der Waals surface area contributed by atoms with Crippen molar-refractivity contribution in [2.75, 3.05) is 65.6 Å². The Kier molecular flexibility index (Phi) is 8.12. The third-order valence-electron chi connectivity index (χ3n) is 5.16. The zero-order chi connectivity index (χ0) is 17.6. The van der Waals surface area contributed by atoms with Crippen LogP contribution >= 0.6 is 12.4 Å². The Bertz CT molecular complexity index is 489. The summed E-state index contributed by atoms with van der Waals surface area (Å²) in [7, 11) is 0. The van der Waals surface area contributed by atoms with E-state index in [0.717, 1.165) is 39.1 Å². The number of imide groups is 1. The summed E-state index contributed by atoms with van der Waals surface area (Å²) in [5.74, 6) is -0.0608. The van der Waals surface area contributed by atoms with Crippen molar-refractivity contribution in [2.45, 2.75) is 25.7 Å². The Morgan fingerprint density at radius 1 is 0.846 bits per heavy atom. The van der Waals surface area contributed by atoms with E-state index in [1.807, 2.05) is 9.80 Å². The van der Waals surface area contributed by atoms with Gasteiger partial charge in [0.25, 0.3) is 0 Å². The summed E-state index contributed by atoms with van der Waals surface area (Å²) in [6.07, 6.45) is 2.48. The molecule has 3 heterocycles. The maximum atomic E-state index is 12.4. The zero-order valence-corrected chi connectivity index (χ0v) is 16.0. The highest BCUT2D eigenvalue weighted by molar-refractivity contribution is 5.97. The van der Waals surface area contributed by atoms with Gasteiger partial charge >= 0.3 is 6.03 Å². The molecular formula is C17H29ClN4O4. The molecule has 0 radical (unpaired) electrons. The molecule has 4 amide bonds. The molecule has 0 saturated carbocycles. The number of piperazine rings is 1. The topological polar surface area (TPSA) is 73.4 Å². The summed E-state index contributed by atoms with van der Waals surface area (Å²) in [4.78, 5) is 43.5. The summed E-state index contributed by atoms with van der Waals surface area (Å²) < 4.78 is 5.29. The SMILES string of the molecule is Cl.O=C(N1CCOCC1)N1CCN(CCCN2C(=O)CCCC2=O)CC1. The van der Waals surface area contributed by atoms with Crippen molar-refractivity contribution in [2.24, 2.45) is 0 Å². The molecule has 0 atom stereocenters. The molecule has 148 valence electrons. The van der Waals surface area contributed by atoms with Crippen LogP contribution in [0, 0.1) is 0 Å². The van der Waals surface area contributed by atoms with Crippen molar-refractivity contribution >= 4 is 30.3 Å². The van der Waals surface area contributed by atoms with Gasteiger partial charge in [-0.3, -0.25) is 19.4 Å². The summed E-state index contributed by atoms with van der Waals surface area (Å²) in [5.41, 5.74) is 0. The maximum absolute atomic E-state index is 12.4. The van der Waals surface area contributed by atoms with Crippen molar-refractivity contribution in [3.05, 3.63) is 0 Å². The number of morpholine rings is 1. The smallest absolute Gasteiger partial charge is 0.320 e. The van der Waals surface area contributed by atoms with Gasteiger partial charge in [0.15, 0.2) is 0 Å². The normalized spacial score (nSPS) is 22.4. The lowest BCUT2D eigenvalue weighted by atomic mass is 10.1. The predicted molar refractivity (Wildman–Crippen MR) is 98.2 cm³/mol. The molecule has 3 aliphatic heterocycles. The third kappa shape index (κ3) is 5.31. The largest absolute Gasteiger partial charge is 0.378 e. The fourth-order valence-electron chi connectivity index (χ4n) is 3.62. The second-order valence-corrected chi connectivity index (χ2v) is 6.86. The van der Waals surface area contributed by atoms with Gasteiger partial charge in [-0.25, -0.2) is 4.79 Å². The standard InChI is InChI=1S/C17H28N4O4.ClH/c22-15-3-1-4-16(23)21(15)6-2-5-18-7-9-19(10-8-18)17(24)20-11-13-25-14-12-20;/h1-14H2;1H. The number of urea groups is 1. The molecule has 26 heavy (non-hydrogen) atoms. The summed E-state index contributed by atoms with van der Waals surface area (Å²) in [6.45, 7) is 7.14. The molecule has 0 unspecified atom stereocenters. The van der Waals surface area contributed by atoms with E-state index >= 15 is 0 Å². The molecule has 0 aromatic heterocycles. The van der Waals surface area contributed by atoms with Gasteiger partial charge in [-0.15, -0.1) is 12.4 Å². The number of nitrogens with zero attached hydrogens (tertiary/aromatic N) is 4. The molecule has 0 N–H and O–H groups in total. The van der Waals surface area contributed by atoms with Crippen molar-refractivity contribution < 1.29 is 19.1 Å². The van der Waals surface area contributed by atoms with Crippen LogP contribution in [0.25, 0.3) is 0 Å². The van der Waals surface area contributed by atoms with Crippen LogP contribution in [0.4, 0.5) is 4.79 Å². The first-order valence-corrected chi connectivity index (χ1v) is 9.32. The molecule has 9 heteroatoms. The average molecular weight is 389 g/mol. The molecule has 3 saturated heterocycles. The summed E-state index contributed by atoms with van der Waals surface area (Å²) >= 11 is 0. The van der Waals surface area contributed by atoms with Crippen LogP contribution in [0.2, 0.25) is 0 Å². The number of piperidine rings is 1. The lowest BCUT2D eigenvalue weighted by molar-refractivity contribution is -0.148. The van der Waals surface area contributed by atoms with E-state index in [9.17, 15) is 14.4 Å². The van der Waals surface area contributed by atoms with Gasteiger partial charge in [0.2, 0.25) is 11.8 Å². The minimum absolute atomic E-state index is 0. The molecule has 0 aromatic carbocycles. The van der Waals surface area contributed by atoms with Crippen molar-refractivity contribution in [1.29, 1.82) is 0 Å². The highest BCUT2D eigenvalue weighted by Gasteiger charge is 2.27. The fourth-order valence-corrected chi connectivity index (χ4v) is 3.62. The molecule has 0 bridgehead atoms. The number of hydrogen-bond acceptors (Lipinski definition) is 5. The van der Waals surface area contributed by atoms with Crippen LogP contribution in [-0.2, 0) is 14.3 Å². The Balaban J connectivity index is 0.00000243. The molecule has 8 nitrogen and oxygen atoms in total. The minimum atomic E-state index is -0.0304. The molecule has 0 aliphatic carbocycles. The lowest BCUT2D eigenvalue weighted by Gasteiger charge is -2.38. The number of carbonyl (C=O) groups excluding carboxylic acids is 3. The monoisotopic (exact) mass is 388 g/mol. The molecule has 3 rings (SSSR count). The predicted octanol–water partition coefficient (Wildman–Crippen LogP) is 0.407. The molecule has 0 spiro atoms. The zero-order valence-electron chi connectivity index (χ0n) is 15.2. The minimum Gasteiger partial charge on any atom is -0.378 e. The first-order chi connectivity index (χ1) is 12.1. The van der Waals surface area contributed by atoms with Crippen LogP contribution in [0.5, 0.6) is 0 Å². The van der Waals surface area contributed by atoms with Crippen LogP contribution in [0.1, 0.15) is 25.7 Å². The van der Waals surface area contributed by atoms with E-state index in [1.165, 1.54) is 4.90 Å². The number of ether oxygens (including phenoxy) is 1. The van der Waals surface area contributed by atoms with Gasteiger partial charge in [0.05, 0.1) is 13.2 Å². The highest BCUT2D eigenvalue weighted by atomic mass is 35.5. The quantitative estimate of drug-likeness (QED) is 0.652. The second kappa shape index (κ2) is 10.1. The Morgan fingerprint density at radius 2 is 1.42 bits per heavy atom. The van der Waals surface area contributed by atoms with Crippen LogP contribution in [-0.4, -0.2) is 103 Å². The van der Waals surface area contributed by atoms with E-state index < -0.39 is 0 Å². The fraction of sp³-hybridized carbons (Fsp3) is 0.824. The average Bonchev–Trinajstić information content (AvgIpc) is 2.65. The number of rotatable bonds is 4. The molecular weight excluding hydrogens is 360 g/mol. The van der Waals surface area contributed by atoms with E-state index in [2.05, 4.69) is 4.90 Å². The van der Waals surface area contributed by atoms with Crippen LogP contribution < -0.4 is 0 Å². The number of carbonyl (C=O) groups is 3. The first-order valence-electron chi connectivity index (χ1n) is 9.32. The Hall–Kier alpha value is -1.38. The van der Waals surface area contributed by atoms with Gasteiger partial charge in [0, 0.05) is 58.7 Å². The van der Waals surface area contributed by atoms with E-state index in [1.54, 1.807) is 0 Å². The Morgan fingerprint density at radius 3 is 2.04 bits per heavy atom. The first kappa shape index (κ1) is 20.9. The van der Waals surface area contributed by atoms with Gasteiger partial charge in [-0.2, -0.15) is 0 Å². The number of halogens is 1. The summed E-state index contributed by atoms with van der Waals surface area (Å²) in [6, 6.07) is 0.118. The van der Waals surface area contributed by atoms with Crippen molar-refractivity contribution in [1.82, 2.24) is 19.6 Å².